The average Bonchev–Trinajstić information content (AvgIpc) is 3.69. The first-order valence-corrected chi connectivity index (χ1v) is 15.9. The number of halogens is 2. The van der Waals surface area contributed by atoms with Crippen LogP contribution in [0.2, 0.25) is 5.02 Å². The van der Waals surface area contributed by atoms with Crippen molar-refractivity contribution in [1.82, 2.24) is 20.2 Å². The van der Waals surface area contributed by atoms with Crippen molar-refractivity contribution in [1.29, 1.82) is 0 Å². The fourth-order valence-corrected chi connectivity index (χ4v) is 6.55. The van der Waals surface area contributed by atoms with Gasteiger partial charge in [-0.15, -0.1) is 0 Å². The van der Waals surface area contributed by atoms with Crippen LogP contribution in [0.4, 0.5) is 10.3 Å². The summed E-state index contributed by atoms with van der Waals surface area (Å²) < 4.78 is 20.7. The average molecular weight is 652 g/mol. The van der Waals surface area contributed by atoms with Crippen molar-refractivity contribution in [3.63, 3.8) is 0 Å². The smallest absolute Gasteiger partial charge is 0.227 e. The Balaban J connectivity index is 0.960. The molecule has 12 nitrogen and oxygen atoms in total. The molecule has 2 saturated heterocycles. The second kappa shape index (κ2) is 14.8. The Bertz CT molecular complexity index is 1280. The van der Waals surface area contributed by atoms with E-state index in [0.717, 1.165) is 38.3 Å². The Hall–Kier alpha value is -2.65. The summed E-state index contributed by atoms with van der Waals surface area (Å²) in [5, 5.41) is 51.3. The molecule has 0 radical (unpaired) electrons. The number of amides is 1. The number of nitrogens with zero attached hydrogens (tertiary/aromatic N) is 4. The number of aliphatic hydroxyl groups is 5. The maximum absolute atomic E-state index is 14.8. The van der Waals surface area contributed by atoms with Crippen LogP contribution in [0.5, 0.6) is 5.75 Å². The number of nitrogens with one attached hydrogen (secondary N) is 1. The first-order chi connectivity index (χ1) is 21.6. The van der Waals surface area contributed by atoms with E-state index in [1.165, 1.54) is 12.5 Å². The number of anilines is 1. The first kappa shape index (κ1) is 33.7. The molecule has 1 aromatic heterocycles. The highest BCUT2D eigenvalue weighted by Crippen LogP contribution is 2.61. The van der Waals surface area contributed by atoms with Crippen molar-refractivity contribution in [2.45, 2.75) is 56.5 Å². The maximum Gasteiger partial charge on any atom is 0.227 e. The number of carbonyl (C=O) groups excluding carboxylic acids is 1. The quantitative estimate of drug-likeness (QED) is 0.157. The van der Waals surface area contributed by atoms with Crippen molar-refractivity contribution in [2.75, 3.05) is 57.4 Å². The number of hydrogen-bond donors (Lipinski definition) is 6. The summed E-state index contributed by atoms with van der Waals surface area (Å²) in [6.07, 6.45) is 1.27. The monoisotopic (exact) mass is 651 g/mol. The van der Waals surface area contributed by atoms with Crippen LogP contribution in [0.15, 0.2) is 30.6 Å². The molecule has 1 spiro atoms. The molecule has 1 aliphatic carbocycles. The number of aliphatic hydroxyl groups excluding tert-OH is 5. The van der Waals surface area contributed by atoms with Crippen molar-refractivity contribution in [2.24, 2.45) is 17.3 Å². The maximum atomic E-state index is 14.8. The van der Waals surface area contributed by atoms with Gasteiger partial charge in [-0.2, -0.15) is 0 Å². The highest BCUT2D eigenvalue weighted by Gasteiger charge is 2.54. The summed E-state index contributed by atoms with van der Waals surface area (Å²) in [6.45, 7) is 2.99. The number of benzene rings is 1. The zero-order chi connectivity index (χ0) is 32.1. The van der Waals surface area contributed by atoms with Gasteiger partial charge in [0.15, 0.2) is 0 Å². The lowest BCUT2D eigenvalue weighted by Crippen LogP contribution is -2.55. The van der Waals surface area contributed by atoms with Gasteiger partial charge < -0.3 is 45.4 Å². The molecule has 248 valence electrons. The molecular formula is C31H43ClFN5O7. The number of hydrogen-bond acceptors (Lipinski definition) is 11. The van der Waals surface area contributed by atoms with Gasteiger partial charge in [0.1, 0.15) is 29.9 Å². The van der Waals surface area contributed by atoms with E-state index in [0.29, 0.717) is 53.9 Å². The Kier molecular flexibility index (Phi) is 11.1. The predicted molar refractivity (Wildman–Crippen MR) is 163 cm³/mol. The molecule has 5 rings (SSSR count). The molecule has 1 saturated carbocycles. The topological polar surface area (TPSA) is 172 Å². The van der Waals surface area contributed by atoms with Crippen LogP contribution in [0.25, 0.3) is 0 Å². The van der Waals surface area contributed by atoms with Crippen LogP contribution in [0.1, 0.15) is 31.2 Å². The summed E-state index contributed by atoms with van der Waals surface area (Å²) in [4.78, 5) is 25.2. The second-order valence-electron chi connectivity index (χ2n) is 12.6. The summed E-state index contributed by atoms with van der Waals surface area (Å²) in [5.41, 5.74) is 0.666. The van der Waals surface area contributed by atoms with Gasteiger partial charge in [0.2, 0.25) is 11.9 Å². The molecular weight excluding hydrogens is 609 g/mol. The van der Waals surface area contributed by atoms with Gasteiger partial charge in [-0.1, -0.05) is 17.7 Å². The molecule has 6 N–H and O–H groups in total. The van der Waals surface area contributed by atoms with E-state index in [2.05, 4.69) is 20.2 Å². The molecule has 1 amide bonds. The van der Waals surface area contributed by atoms with Gasteiger partial charge in [0.05, 0.1) is 43.2 Å². The summed E-state index contributed by atoms with van der Waals surface area (Å²) in [6, 6.07) is 4.65. The number of likely N-dealkylation sites (tertiary alicyclic amines) is 1. The summed E-state index contributed by atoms with van der Waals surface area (Å²) in [5.74, 6) is 1.24. The lowest BCUT2D eigenvalue weighted by molar-refractivity contribution is -0.136. The van der Waals surface area contributed by atoms with E-state index in [1.54, 1.807) is 29.4 Å². The largest absolute Gasteiger partial charge is 0.493 e. The Morgan fingerprint density at radius 3 is 2.47 bits per heavy atom. The second-order valence-corrected chi connectivity index (χ2v) is 13.1. The van der Waals surface area contributed by atoms with Crippen LogP contribution in [-0.4, -0.2) is 123 Å². The van der Waals surface area contributed by atoms with Gasteiger partial charge >= 0.3 is 0 Å². The van der Waals surface area contributed by atoms with Crippen molar-refractivity contribution < 1.29 is 39.5 Å². The third-order valence-corrected chi connectivity index (χ3v) is 9.73. The van der Waals surface area contributed by atoms with E-state index < -0.39 is 36.8 Å². The first-order valence-electron chi connectivity index (χ1n) is 15.5. The van der Waals surface area contributed by atoms with Crippen molar-refractivity contribution in [3.05, 3.63) is 47.0 Å². The molecule has 0 bridgehead atoms. The van der Waals surface area contributed by atoms with Crippen LogP contribution >= 0.6 is 11.6 Å². The molecule has 3 aliphatic rings. The molecule has 45 heavy (non-hydrogen) atoms. The lowest BCUT2D eigenvalue weighted by atomic mass is 9.90. The molecule has 3 fully saturated rings. The fraction of sp³-hybridized carbons (Fsp3) is 0.645. The van der Waals surface area contributed by atoms with Crippen molar-refractivity contribution in [3.8, 4) is 5.75 Å². The summed E-state index contributed by atoms with van der Waals surface area (Å²) in [7, 11) is 0. The van der Waals surface area contributed by atoms with Gasteiger partial charge in [-0.3, -0.25) is 4.79 Å². The molecule has 3 heterocycles. The minimum Gasteiger partial charge on any atom is -0.493 e. The minimum atomic E-state index is -1.67. The predicted octanol–water partition coefficient (Wildman–Crippen LogP) is 0.371. The Morgan fingerprint density at radius 1 is 1.11 bits per heavy atom. The Labute approximate surface area is 266 Å². The van der Waals surface area contributed by atoms with E-state index in [-0.39, 0.29) is 24.8 Å². The highest BCUT2D eigenvalue weighted by atomic mass is 35.5. The molecule has 14 heteroatoms. The van der Waals surface area contributed by atoms with Gasteiger partial charge in [0, 0.05) is 51.3 Å². The van der Waals surface area contributed by atoms with Gasteiger partial charge in [0.25, 0.3) is 0 Å². The lowest BCUT2D eigenvalue weighted by Gasteiger charge is -2.39. The van der Waals surface area contributed by atoms with E-state index in [1.807, 2.05) is 0 Å². The summed E-state index contributed by atoms with van der Waals surface area (Å²) >= 11 is 5.90. The zero-order valence-corrected chi connectivity index (χ0v) is 25.9. The van der Waals surface area contributed by atoms with Crippen LogP contribution in [0, 0.1) is 23.1 Å². The van der Waals surface area contributed by atoms with Crippen molar-refractivity contribution >= 4 is 23.5 Å². The zero-order valence-electron chi connectivity index (χ0n) is 25.1. The SMILES string of the molecule is O=C(Cc1ccc(OCCC2CC23CCN(c2ncc(Cl)cn2)CC3)cc1F)N1CC(CNC[C@H](O)[C@@H](O)[C@H](O)[C@H](O)CO)C1. The van der Waals surface area contributed by atoms with Gasteiger partial charge in [-0.25, -0.2) is 14.4 Å². The van der Waals surface area contributed by atoms with Crippen LogP contribution in [0.3, 0.4) is 0 Å². The third kappa shape index (κ3) is 8.39. The van der Waals surface area contributed by atoms with Gasteiger partial charge in [-0.05, 0) is 48.6 Å². The molecule has 1 aromatic carbocycles. The number of rotatable bonds is 15. The number of aromatic nitrogens is 2. The van der Waals surface area contributed by atoms with Crippen LogP contribution in [-0.2, 0) is 11.2 Å². The number of piperidine rings is 1. The number of ether oxygens (including phenoxy) is 1. The molecule has 2 aliphatic heterocycles. The van der Waals surface area contributed by atoms with E-state index >= 15 is 0 Å². The molecule has 2 aromatic rings. The van der Waals surface area contributed by atoms with E-state index in [4.69, 9.17) is 21.4 Å². The standard InChI is InChI=1S/C31H43ClFN5O7/c32-22-13-35-30(36-14-22)37-6-4-31(5-7-37)11-21(31)3-8-45-23-2-1-20(24(33)10-23)9-27(42)38-16-19(17-38)12-34-15-25(40)28(43)29(44)26(41)18-39/h1-2,10,13-14,19,21,25-26,28-29,34,39-41,43-44H,3-9,11-12,15-18H2/t21?,25-,26+,28+,29+/m0/s1. The molecule has 5 atom stereocenters. The minimum absolute atomic E-state index is 0.0400. The van der Waals surface area contributed by atoms with Crippen LogP contribution < -0.4 is 15.0 Å². The third-order valence-electron chi connectivity index (χ3n) is 9.53. The fourth-order valence-electron chi connectivity index (χ4n) is 6.45. The van der Waals surface area contributed by atoms with E-state index in [9.17, 15) is 29.6 Å². The highest BCUT2D eigenvalue weighted by molar-refractivity contribution is 6.30. The normalized spacial score (nSPS) is 22.1. The molecule has 1 unspecified atom stereocenters. The Morgan fingerprint density at radius 2 is 1.80 bits per heavy atom. The number of carbonyl (C=O) groups is 1.